The fourth-order valence-electron chi connectivity index (χ4n) is 2.38. The predicted molar refractivity (Wildman–Crippen MR) is 98.7 cm³/mol. The Bertz CT molecular complexity index is 801. The molecule has 2 aromatic rings. The van der Waals surface area contributed by atoms with Crippen molar-refractivity contribution in [1.29, 1.82) is 0 Å². The van der Waals surface area contributed by atoms with Gasteiger partial charge in [-0.25, -0.2) is 8.42 Å². The van der Waals surface area contributed by atoms with Crippen molar-refractivity contribution in [2.75, 3.05) is 0 Å². The van der Waals surface area contributed by atoms with Crippen LogP contribution in [0.25, 0.3) is 0 Å². The Labute approximate surface area is 150 Å². The molecular weight excluding hydrogens is 425 g/mol. The SMILES string of the molecule is Cc1ccc(S(=O)(=O)C(CCC(N)=O)c2ccccc2I)cc1. The molecule has 1 unspecified atom stereocenters. The summed E-state index contributed by atoms with van der Waals surface area (Å²) in [7, 11) is -3.60. The molecule has 1 atom stereocenters. The molecule has 23 heavy (non-hydrogen) atoms. The van der Waals surface area contributed by atoms with Gasteiger partial charge in [-0.3, -0.25) is 4.79 Å². The molecule has 0 aliphatic carbocycles. The van der Waals surface area contributed by atoms with Crippen LogP contribution in [0.1, 0.15) is 29.2 Å². The van der Waals surface area contributed by atoms with E-state index in [4.69, 9.17) is 5.73 Å². The van der Waals surface area contributed by atoms with Gasteiger partial charge in [0.1, 0.15) is 0 Å². The lowest BCUT2D eigenvalue weighted by Crippen LogP contribution is -2.19. The number of hydrogen-bond donors (Lipinski definition) is 1. The summed E-state index contributed by atoms with van der Waals surface area (Å²) >= 11 is 2.12. The van der Waals surface area contributed by atoms with E-state index >= 15 is 0 Å². The molecule has 0 aromatic heterocycles. The van der Waals surface area contributed by atoms with Crippen LogP contribution in [0, 0.1) is 10.5 Å². The predicted octanol–water partition coefficient (Wildman–Crippen LogP) is 3.38. The number of carbonyl (C=O) groups excluding carboxylic acids is 1. The van der Waals surface area contributed by atoms with Crippen molar-refractivity contribution in [3.8, 4) is 0 Å². The molecule has 0 aliphatic heterocycles. The van der Waals surface area contributed by atoms with Crippen LogP contribution in [0.15, 0.2) is 53.4 Å². The van der Waals surface area contributed by atoms with Crippen molar-refractivity contribution in [3.63, 3.8) is 0 Å². The van der Waals surface area contributed by atoms with Crippen molar-refractivity contribution < 1.29 is 13.2 Å². The fourth-order valence-corrected chi connectivity index (χ4v) is 5.17. The zero-order chi connectivity index (χ0) is 17.0. The third kappa shape index (κ3) is 4.32. The minimum atomic E-state index is -3.60. The maximum absolute atomic E-state index is 13.1. The molecule has 2 rings (SSSR count). The highest BCUT2D eigenvalue weighted by Gasteiger charge is 2.30. The van der Waals surface area contributed by atoms with E-state index < -0.39 is 21.0 Å². The van der Waals surface area contributed by atoms with E-state index in [1.165, 1.54) is 0 Å². The molecule has 6 heteroatoms. The molecule has 4 nitrogen and oxygen atoms in total. The van der Waals surface area contributed by atoms with Gasteiger partial charge in [0.05, 0.1) is 10.1 Å². The van der Waals surface area contributed by atoms with E-state index in [1.54, 1.807) is 36.4 Å². The fraction of sp³-hybridized carbons (Fsp3) is 0.235. The van der Waals surface area contributed by atoms with Crippen molar-refractivity contribution in [1.82, 2.24) is 0 Å². The first-order chi connectivity index (χ1) is 10.8. The molecule has 0 bridgehead atoms. The normalized spacial score (nSPS) is 12.8. The average Bonchev–Trinajstić information content (AvgIpc) is 2.49. The zero-order valence-electron chi connectivity index (χ0n) is 12.7. The number of amides is 1. The van der Waals surface area contributed by atoms with Crippen LogP contribution in [0.5, 0.6) is 0 Å². The minimum absolute atomic E-state index is 0.0285. The Balaban J connectivity index is 2.50. The number of carbonyl (C=O) groups is 1. The van der Waals surface area contributed by atoms with Gasteiger partial charge >= 0.3 is 0 Å². The molecule has 0 heterocycles. The first kappa shape index (κ1) is 17.9. The summed E-state index contributed by atoms with van der Waals surface area (Å²) in [6.07, 6.45) is 0.201. The highest BCUT2D eigenvalue weighted by molar-refractivity contribution is 14.1. The topological polar surface area (TPSA) is 77.2 Å². The number of benzene rings is 2. The van der Waals surface area contributed by atoms with Gasteiger partial charge in [-0.15, -0.1) is 0 Å². The Morgan fingerprint density at radius 2 is 1.74 bits per heavy atom. The van der Waals surface area contributed by atoms with E-state index in [-0.39, 0.29) is 17.7 Å². The maximum atomic E-state index is 13.1. The number of hydrogen-bond acceptors (Lipinski definition) is 3. The van der Waals surface area contributed by atoms with Crippen LogP contribution in [0.4, 0.5) is 0 Å². The number of primary amides is 1. The van der Waals surface area contributed by atoms with Crippen molar-refractivity contribution in [2.45, 2.75) is 29.9 Å². The van der Waals surface area contributed by atoms with Crippen LogP contribution < -0.4 is 5.73 Å². The summed E-state index contributed by atoms with van der Waals surface area (Å²) < 4.78 is 27.0. The standard InChI is InChI=1S/C17H18INO3S/c1-12-6-8-13(9-7-12)23(21,22)16(10-11-17(19)20)14-4-2-3-5-15(14)18/h2-9,16H,10-11H2,1H3,(H2,19,20). The first-order valence-electron chi connectivity index (χ1n) is 7.15. The van der Waals surface area contributed by atoms with Gasteiger partial charge in [0.2, 0.25) is 5.91 Å². The molecule has 2 aromatic carbocycles. The van der Waals surface area contributed by atoms with Crippen molar-refractivity contribution >= 4 is 38.3 Å². The van der Waals surface area contributed by atoms with Crippen molar-refractivity contribution in [2.24, 2.45) is 5.73 Å². The van der Waals surface area contributed by atoms with Crippen LogP contribution in [-0.4, -0.2) is 14.3 Å². The number of aryl methyl sites for hydroxylation is 1. The highest BCUT2D eigenvalue weighted by atomic mass is 127. The summed E-state index contributed by atoms with van der Waals surface area (Å²) in [5, 5.41) is -0.786. The van der Waals surface area contributed by atoms with Crippen LogP contribution in [0.3, 0.4) is 0 Å². The summed E-state index contributed by atoms with van der Waals surface area (Å²) in [6, 6.07) is 14.1. The first-order valence-corrected chi connectivity index (χ1v) is 9.78. The Kier molecular flexibility index (Phi) is 5.80. The second-order valence-electron chi connectivity index (χ2n) is 5.37. The lowest BCUT2D eigenvalue weighted by Gasteiger charge is -2.19. The largest absolute Gasteiger partial charge is 0.370 e. The molecule has 0 fully saturated rings. The highest BCUT2D eigenvalue weighted by Crippen LogP contribution is 2.35. The minimum Gasteiger partial charge on any atom is -0.370 e. The van der Waals surface area contributed by atoms with Gasteiger partial charge in [0.15, 0.2) is 9.84 Å². The Morgan fingerprint density at radius 1 is 1.13 bits per heavy atom. The molecule has 0 saturated carbocycles. The second kappa shape index (κ2) is 7.44. The van der Waals surface area contributed by atoms with Gasteiger partial charge in [0.25, 0.3) is 0 Å². The van der Waals surface area contributed by atoms with E-state index in [0.29, 0.717) is 5.56 Å². The summed E-state index contributed by atoms with van der Waals surface area (Å²) in [5.74, 6) is -0.500. The third-order valence-electron chi connectivity index (χ3n) is 3.63. The Hall–Kier alpha value is -1.41. The maximum Gasteiger partial charge on any atom is 0.217 e. The second-order valence-corrected chi connectivity index (χ2v) is 8.67. The Morgan fingerprint density at radius 3 is 2.30 bits per heavy atom. The number of sulfone groups is 1. The molecule has 122 valence electrons. The van der Waals surface area contributed by atoms with Crippen molar-refractivity contribution in [3.05, 3.63) is 63.2 Å². The average molecular weight is 443 g/mol. The van der Waals surface area contributed by atoms with Crippen LogP contribution in [0.2, 0.25) is 0 Å². The lowest BCUT2D eigenvalue weighted by atomic mass is 10.1. The molecule has 2 N–H and O–H groups in total. The van der Waals surface area contributed by atoms with E-state index in [0.717, 1.165) is 9.13 Å². The molecule has 0 aliphatic rings. The number of halogens is 1. The monoisotopic (exact) mass is 443 g/mol. The van der Waals surface area contributed by atoms with E-state index in [1.807, 2.05) is 19.1 Å². The third-order valence-corrected chi connectivity index (χ3v) is 6.78. The van der Waals surface area contributed by atoms with Gasteiger partial charge in [-0.2, -0.15) is 0 Å². The van der Waals surface area contributed by atoms with E-state index in [2.05, 4.69) is 22.6 Å². The molecule has 0 radical (unpaired) electrons. The zero-order valence-corrected chi connectivity index (χ0v) is 15.7. The molecular formula is C17H18INO3S. The molecule has 0 saturated heterocycles. The molecule has 1 amide bonds. The van der Waals surface area contributed by atoms with Gasteiger partial charge < -0.3 is 5.73 Å². The van der Waals surface area contributed by atoms with Gasteiger partial charge in [0, 0.05) is 9.99 Å². The van der Waals surface area contributed by atoms with Gasteiger partial charge in [-0.1, -0.05) is 35.9 Å². The smallest absolute Gasteiger partial charge is 0.217 e. The van der Waals surface area contributed by atoms with Gasteiger partial charge in [-0.05, 0) is 59.7 Å². The quantitative estimate of drug-likeness (QED) is 0.696. The van der Waals surface area contributed by atoms with Crippen LogP contribution >= 0.6 is 22.6 Å². The summed E-state index contributed by atoms with van der Waals surface area (Å²) in [5.41, 5.74) is 6.92. The summed E-state index contributed by atoms with van der Waals surface area (Å²) in [6.45, 7) is 1.90. The van der Waals surface area contributed by atoms with E-state index in [9.17, 15) is 13.2 Å². The summed E-state index contributed by atoms with van der Waals surface area (Å²) in [4.78, 5) is 11.4. The lowest BCUT2D eigenvalue weighted by molar-refractivity contribution is -0.118. The number of rotatable bonds is 6. The van der Waals surface area contributed by atoms with Crippen LogP contribution in [-0.2, 0) is 14.6 Å². The molecule has 0 spiro atoms. The number of nitrogens with two attached hydrogens (primary N) is 1.